The highest BCUT2D eigenvalue weighted by Crippen LogP contribution is 2.28. The average molecular weight is 274 g/mol. The van der Waals surface area contributed by atoms with Gasteiger partial charge in [-0.05, 0) is 17.7 Å². The Kier molecular flexibility index (Phi) is 3.15. The SMILES string of the molecule is COc1ccc(C2Cn3cnc(C(=O)O)c3CO2)cc1. The van der Waals surface area contributed by atoms with Crippen molar-refractivity contribution in [2.45, 2.75) is 19.3 Å². The Morgan fingerprint density at radius 3 is 2.85 bits per heavy atom. The third-order valence-electron chi connectivity index (χ3n) is 3.42. The molecule has 0 saturated heterocycles. The molecule has 6 heteroatoms. The standard InChI is InChI=1S/C14H14N2O4/c1-19-10-4-2-9(3-5-10)12-6-16-8-15-13(14(17)18)11(16)7-20-12/h2-5,8,12H,6-7H2,1H3,(H,17,18). The molecule has 0 aliphatic carbocycles. The molecule has 1 aliphatic heterocycles. The van der Waals surface area contributed by atoms with E-state index in [1.165, 1.54) is 0 Å². The number of carboxylic acid groups (broad SMARTS) is 1. The van der Waals surface area contributed by atoms with Crippen molar-refractivity contribution in [3.05, 3.63) is 47.5 Å². The van der Waals surface area contributed by atoms with Gasteiger partial charge in [-0.2, -0.15) is 0 Å². The molecule has 0 bridgehead atoms. The maximum absolute atomic E-state index is 11.0. The molecule has 1 N–H and O–H groups in total. The zero-order valence-corrected chi connectivity index (χ0v) is 10.9. The van der Waals surface area contributed by atoms with Crippen molar-refractivity contribution in [2.75, 3.05) is 7.11 Å². The topological polar surface area (TPSA) is 73.6 Å². The molecule has 0 saturated carbocycles. The summed E-state index contributed by atoms with van der Waals surface area (Å²) in [5, 5.41) is 9.03. The first-order chi connectivity index (χ1) is 9.69. The van der Waals surface area contributed by atoms with Gasteiger partial charge < -0.3 is 19.1 Å². The molecule has 6 nitrogen and oxygen atoms in total. The number of hydrogen-bond donors (Lipinski definition) is 1. The molecule has 2 heterocycles. The van der Waals surface area contributed by atoms with Gasteiger partial charge in [-0.1, -0.05) is 12.1 Å². The first-order valence-electron chi connectivity index (χ1n) is 6.22. The second kappa shape index (κ2) is 4.97. The Labute approximate surface area is 115 Å². The Morgan fingerprint density at radius 2 is 2.20 bits per heavy atom. The molecule has 1 aromatic heterocycles. The summed E-state index contributed by atoms with van der Waals surface area (Å²) in [6, 6.07) is 7.66. The van der Waals surface area contributed by atoms with Crippen LogP contribution in [0.25, 0.3) is 0 Å². The molecule has 2 aromatic rings. The van der Waals surface area contributed by atoms with Gasteiger partial charge in [0, 0.05) is 0 Å². The molecule has 1 aromatic carbocycles. The zero-order valence-electron chi connectivity index (χ0n) is 10.9. The van der Waals surface area contributed by atoms with E-state index in [4.69, 9.17) is 14.6 Å². The number of rotatable bonds is 3. The van der Waals surface area contributed by atoms with Crippen LogP contribution in [0.4, 0.5) is 0 Å². The van der Waals surface area contributed by atoms with Gasteiger partial charge in [-0.15, -0.1) is 0 Å². The number of fused-ring (bicyclic) bond motifs is 1. The molecule has 0 spiro atoms. The molecular formula is C14H14N2O4. The van der Waals surface area contributed by atoms with Crippen LogP contribution >= 0.6 is 0 Å². The van der Waals surface area contributed by atoms with E-state index in [-0.39, 0.29) is 18.4 Å². The maximum Gasteiger partial charge on any atom is 0.356 e. The highest BCUT2D eigenvalue weighted by atomic mass is 16.5. The molecule has 0 fully saturated rings. The van der Waals surface area contributed by atoms with Gasteiger partial charge in [0.25, 0.3) is 0 Å². The largest absolute Gasteiger partial charge is 0.497 e. The highest BCUT2D eigenvalue weighted by molar-refractivity contribution is 5.86. The van der Waals surface area contributed by atoms with Crippen molar-refractivity contribution in [3.8, 4) is 5.75 Å². The van der Waals surface area contributed by atoms with E-state index in [2.05, 4.69) is 4.98 Å². The van der Waals surface area contributed by atoms with E-state index in [0.29, 0.717) is 12.2 Å². The molecule has 1 atom stereocenters. The van der Waals surface area contributed by atoms with E-state index < -0.39 is 5.97 Å². The summed E-state index contributed by atoms with van der Waals surface area (Å²) in [6.45, 7) is 0.806. The van der Waals surface area contributed by atoms with Gasteiger partial charge in [-0.3, -0.25) is 0 Å². The van der Waals surface area contributed by atoms with E-state index in [1.54, 1.807) is 13.4 Å². The predicted octanol–water partition coefficient (Wildman–Crippen LogP) is 1.86. The Hall–Kier alpha value is -2.34. The Morgan fingerprint density at radius 1 is 1.45 bits per heavy atom. The minimum atomic E-state index is -1.02. The van der Waals surface area contributed by atoms with Crippen molar-refractivity contribution < 1.29 is 19.4 Å². The Bertz CT molecular complexity index is 633. The van der Waals surface area contributed by atoms with Crippen LogP contribution in [-0.4, -0.2) is 27.7 Å². The van der Waals surface area contributed by atoms with Gasteiger partial charge in [0.1, 0.15) is 11.9 Å². The second-order valence-corrected chi connectivity index (χ2v) is 4.57. The van der Waals surface area contributed by atoms with Crippen molar-refractivity contribution in [1.29, 1.82) is 0 Å². The van der Waals surface area contributed by atoms with Crippen LogP contribution in [0.2, 0.25) is 0 Å². The van der Waals surface area contributed by atoms with Crippen LogP contribution in [0.1, 0.15) is 27.8 Å². The fraction of sp³-hybridized carbons (Fsp3) is 0.286. The molecule has 3 rings (SSSR count). The van der Waals surface area contributed by atoms with Crippen LogP contribution in [-0.2, 0) is 17.9 Å². The monoisotopic (exact) mass is 274 g/mol. The van der Waals surface area contributed by atoms with Gasteiger partial charge in [0.2, 0.25) is 0 Å². The predicted molar refractivity (Wildman–Crippen MR) is 69.7 cm³/mol. The van der Waals surface area contributed by atoms with Gasteiger partial charge in [-0.25, -0.2) is 9.78 Å². The number of carbonyl (C=O) groups is 1. The normalized spacial score (nSPS) is 17.6. The number of methoxy groups -OCH3 is 1. The fourth-order valence-corrected chi connectivity index (χ4v) is 2.33. The number of ether oxygens (including phenoxy) is 2. The van der Waals surface area contributed by atoms with Crippen molar-refractivity contribution >= 4 is 5.97 Å². The van der Waals surface area contributed by atoms with E-state index in [9.17, 15) is 4.79 Å². The number of carboxylic acids is 1. The summed E-state index contributed by atoms with van der Waals surface area (Å²) >= 11 is 0. The summed E-state index contributed by atoms with van der Waals surface area (Å²) in [5.41, 5.74) is 1.71. The summed E-state index contributed by atoms with van der Waals surface area (Å²) in [7, 11) is 1.62. The van der Waals surface area contributed by atoms with Crippen LogP contribution < -0.4 is 4.74 Å². The molecule has 104 valence electrons. The molecule has 20 heavy (non-hydrogen) atoms. The number of hydrogen-bond acceptors (Lipinski definition) is 4. The average Bonchev–Trinajstić information content (AvgIpc) is 2.90. The third kappa shape index (κ3) is 2.14. The third-order valence-corrected chi connectivity index (χ3v) is 3.42. The lowest BCUT2D eigenvalue weighted by molar-refractivity contribution is 0.00218. The summed E-state index contributed by atoms with van der Waals surface area (Å²) in [5.74, 6) is -0.230. The van der Waals surface area contributed by atoms with E-state index in [0.717, 1.165) is 11.3 Å². The number of imidazole rings is 1. The number of aromatic nitrogens is 2. The number of nitrogens with zero attached hydrogens (tertiary/aromatic N) is 2. The van der Waals surface area contributed by atoms with E-state index in [1.807, 2.05) is 28.8 Å². The number of benzene rings is 1. The lowest BCUT2D eigenvalue weighted by atomic mass is 10.1. The van der Waals surface area contributed by atoms with Gasteiger partial charge >= 0.3 is 5.97 Å². The first-order valence-corrected chi connectivity index (χ1v) is 6.22. The lowest BCUT2D eigenvalue weighted by Crippen LogP contribution is -2.21. The van der Waals surface area contributed by atoms with Crippen LogP contribution in [0.5, 0.6) is 5.75 Å². The van der Waals surface area contributed by atoms with Gasteiger partial charge in [0.05, 0.1) is 32.3 Å². The molecular weight excluding hydrogens is 260 g/mol. The zero-order chi connectivity index (χ0) is 14.1. The van der Waals surface area contributed by atoms with Crippen molar-refractivity contribution in [2.24, 2.45) is 0 Å². The molecule has 1 aliphatic rings. The minimum Gasteiger partial charge on any atom is -0.497 e. The van der Waals surface area contributed by atoms with E-state index >= 15 is 0 Å². The van der Waals surface area contributed by atoms with Crippen LogP contribution in [0.3, 0.4) is 0 Å². The van der Waals surface area contributed by atoms with Gasteiger partial charge in [0.15, 0.2) is 5.69 Å². The summed E-state index contributed by atoms with van der Waals surface area (Å²) < 4.78 is 12.7. The lowest BCUT2D eigenvalue weighted by Gasteiger charge is -2.25. The molecule has 1 unspecified atom stereocenters. The summed E-state index contributed by atoms with van der Waals surface area (Å²) in [6.07, 6.45) is 1.45. The van der Waals surface area contributed by atoms with Crippen molar-refractivity contribution in [1.82, 2.24) is 9.55 Å². The first kappa shape index (κ1) is 12.7. The fourth-order valence-electron chi connectivity index (χ4n) is 2.33. The minimum absolute atomic E-state index is 0.0678. The number of aromatic carboxylic acids is 1. The Balaban J connectivity index is 1.83. The molecule has 0 amide bonds. The molecule has 0 radical (unpaired) electrons. The van der Waals surface area contributed by atoms with Crippen LogP contribution in [0.15, 0.2) is 30.6 Å². The second-order valence-electron chi connectivity index (χ2n) is 4.57. The quantitative estimate of drug-likeness (QED) is 0.924. The highest BCUT2D eigenvalue weighted by Gasteiger charge is 2.25. The van der Waals surface area contributed by atoms with Crippen molar-refractivity contribution in [3.63, 3.8) is 0 Å². The summed E-state index contributed by atoms with van der Waals surface area (Å²) in [4.78, 5) is 14.9. The van der Waals surface area contributed by atoms with Crippen LogP contribution in [0, 0.1) is 0 Å². The smallest absolute Gasteiger partial charge is 0.356 e. The maximum atomic E-state index is 11.0.